The fourth-order valence-electron chi connectivity index (χ4n) is 1.03. The smallest absolute Gasteiger partial charge is 0.317 e. The van der Waals surface area contributed by atoms with E-state index in [0.29, 0.717) is 0 Å². The maximum absolute atomic E-state index is 11.4. The van der Waals surface area contributed by atoms with Crippen molar-refractivity contribution in [2.75, 3.05) is 0 Å². The van der Waals surface area contributed by atoms with Crippen LogP contribution >= 0.6 is 0 Å². The van der Waals surface area contributed by atoms with Crippen molar-refractivity contribution in [3.8, 4) is 0 Å². The summed E-state index contributed by atoms with van der Waals surface area (Å²) in [4.78, 5) is 32.6. The van der Waals surface area contributed by atoms with Crippen LogP contribution in [0.4, 0.5) is 0 Å². The minimum absolute atomic E-state index is 0.0381. The maximum Gasteiger partial charge on any atom is 0.317 e. The Hall–Kier alpha value is -1.65. The molecule has 0 aromatic carbocycles. The van der Waals surface area contributed by atoms with E-state index in [1.807, 2.05) is 0 Å². The Morgan fingerprint density at radius 1 is 1.29 bits per heavy atom. The number of carboxylic acids is 2. The number of carboxylic acid groups (broad SMARTS) is 2. The number of rotatable bonds is 5. The lowest BCUT2D eigenvalue weighted by atomic mass is 9.80. The highest BCUT2D eigenvalue weighted by Crippen LogP contribution is 2.26. The van der Waals surface area contributed by atoms with Gasteiger partial charge in [-0.3, -0.25) is 14.4 Å². The van der Waals surface area contributed by atoms with Crippen molar-refractivity contribution in [2.45, 2.75) is 20.3 Å². The minimum Gasteiger partial charge on any atom is -0.481 e. The first-order chi connectivity index (χ1) is 6.21. The van der Waals surface area contributed by atoms with Crippen molar-refractivity contribution in [3.05, 3.63) is 12.2 Å². The molecule has 0 aromatic rings. The summed E-state index contributed by atoms with van der Waals surface area (Å²) in [7, 11) is 0. The van der Waals surface area contributed by atoms with Crippen molar-refractivity contribution >= 4 is 17.7 Å². The van der Waals surface area contributed by atoms with E-state index in [1.165, 1.54) is 6.92 Å². The summed E-state index contributed by atoms with van der Waals surface area (Å²) in [6.07, 6.45) is -0.742. The third-order valence-corrected chi connectivity index (χ3v) is 1.87. The van der Waals surface area contributed by atoms with Crippen LogP contribution in [0, 0.1) is 5.41 Å². The maximum atomic E-state index is 11.4. The number of allylic oxidation sites excluding steroid dienone is 1. The number of hydrogen-bond acceptors (Lipinski definition) is 3. The lowest BCUT2D eigenvalue weighted by Crippen LogP contribution is -2.38. The molecule has 0 radical (unpaired) electrons. The number of carbonyl (C=O) groups excluding carboxylic acids is 1. The van der Waals surface area contributed by atoms with Gasteiger partial charge in [-0.25, -0.2) is 0 Å². The van der Waals surface area contributed by atoms with Crippen LogP contribution in [0.25, 0.3) is 0 Å². The lowest BCUT2D eigenvalue weighted by Gasteiger charge is -2.20. The molecular formula is C9H12O5. The number of hydrogen-bond donors (Lipinski definition) is 2. The molecule has 0 aromatic heterocycles. The lowest BCUT2D eigenvalue weighted by molar-refractivity contribution is -0.158. The van der Waals surface area contributed by atoms with Gasteiger partial charge in [0.2, 0.25) is 0 Å². The largest absolute Gasteiger partial charge is 0.481 e. The van der Waals surface area contributed by atoms with Crippen LogP contribution in [0.2, 0.25) is 0 Å². The van der Waals surface area contributed by atoms with Gasteiger partial charge in [0.1, 0.15) is 5.41 Å². The zero-order valence-electron chi connectivity index (χ0n) is 8.03. The average Bonchev–Trinajstić information content (AvgIpc) is 2.00. The van der Waals surface area contributed by atoms with E-state index in [-0.39, 0.29) is 5.57 Å². The van der Waals surface area contributed by atoms with Crippen molar-refractivity contribution < 1.29 is 24.6 Å². The highest BCUT2D eigenvalue weighted by molar-refractivity contribution is 6.12. The van der Waals surface area contributed by atoms with Gasteiger partial charge in [-0.15, -0.1) is 0 Å². The van der Waals surface area contributed by atoms with Crippen LogP contribution in [-0.4, -0.2) is 27.9 Å². The molecule has 0 aliphatic carbocycles. The van der Waals surface area contributed by atoms with Gasteiger partial charge in [0, 0.05) is 0 Å². The van der Waals surface area contributed by atoms with Gasteiger partial charge in [-0.05, 0) is 19.4 Å². The molecule has 0 spiro atoms. The van der Waals surface area contributed by atoms with Crippen LogP contribution in [0.3, 0.4) is 0 Å². The summed E-state index contributed by atoms with van der Waals surface area (Å²) >= 11 is 0. The van der Waals surface area contributed by atoms with E-state index in [4.69, 9.17) is 10.2 Å². The predicted octanol–water partition coefficient (Wildman–Crippen LogP) is 0.697. The Labute approximate surface area is 81.0 Å². The van der Waals surface area contributed by atoms with Gasteiger partial charge in [0.15, 0.2) is 5.78 Å². The van der Waals surface area contributed by atoms with E-state index in [9.17, 15) is 14.4 Å². The molecule has 0 aliphatic heterocycles. The second kappa shape index (κ2) is 4.04. The number of Topliss-reactive ketones (excluding diaryl/α,β-unsaturated/α-hetero) is 1. The SMILES string of the molecule is C=C(C)C(=O)C(C)(CC(=O)O)C(=O)O. The molecule has 0 aliphatic rings. The summed E-state index contributed by atoms with van der Waals surface area (Å²) in [5.74, 6) is -3.54. The number of ketones is 1. The normalized spacial score (nSPS) is 14.1. The van der Waals surface area contributed by atoms with Crippen LogP contribution in [0.15, 0.2) is 12.2 Å². The Morgan fingerprint density at radius 3 is 1.93 bits per heavy atom. The zero-order chi connectivity index (χ0) is 11.5. The summed E-state index contributed by atoms with van der Waals surface area (Å²) < 4.78 is 0. The van der Waals surface area contributed by atoms with E-state index >= 15 is 0 Å². The second-order valence-corrected chi connectivity index (χ2v) is 3.32. The van der Waals surface area contributed by atoms with Gasteiger partial charge in [0.25, 0.3) is 0 Å². The molecule has 0 heterocycles. The molecule has 0 fully saturated rings. The molecule has 1 unspecified atom stereocenters. The van der Waals surface area contributed by atoms with E-state index in [0.717, 1.165) is 6.92 Å². The quantitative estimate of drug-likeness (QED) is 0.503. The topological polar surface area (TPSA) is 91.7 Å². The van der Waals surface area contributed by atoms with E-state index in [1.54, 1.807) is 0 Å². The molecule has 0 saturated heterocycles. The first-order valence-corrected chi connectivity index (χ1v) is 3.87. The first-order valence-electron chi connectivity index (χ1n) is 3.87. The van der Waals surface area contributed by atoms with Gasteiger partial charge >= 0.3 is 11.9 Å². The summed E-state index contributed by atoms with van der Waals surface area (Å²) in [6, 6.07) is 0. The highest BCUT2D eigenvalue weighted by Gasteiger charge is 2.43. The van der Waals surface area contributed by atoms with Gasteiger partial charge < -0.3 is 10.2 Å². The third kappa shape index (κ3) is 2.42. The molecule has 0 saturated carbocycles. The molecule has 14 heavy (non-hydrogen) atoms. The van der Waals surface area contributed by atoms with Gasteiger partial charge in [0.05, 0.1) is 6.42 Å². The molecule has 0 rings (SSSR count). The predicted molar refractivity (Wildman–Crippen MR) is 47.8 cm³/mol. The molecular weight excluding hydrogens is 188 g/mol. The Balaban J connectivity index is 5.10. The van der Waals surface area contributed by atoms with Crippen LogP contribution in [-0.2, 0) is 14.4 Å². The van der Waals surface area contributed by atoms with Crippen molar-refractivity contribution in [1.82, 2.24) is 0 Å². The summed E-state index contributed by atoms with van der Waals surface area (Å²) in [5, 5.41) is 17.3. The number of carbonyl (C=O) groups is 3. The fraction of sp³-hybridized carbons (Fsp3) is 0.444. The first kappa shape index (κ1) is 12.3. The molecule has 78 valence electrons. The molecule has 0 bridgehead atoms. The van der Waals surface area contributed by atoms with Crippen molar-refractivity contribution in [3.63, 3.8) is 0 Å². The highest BCUT2D eigenvalue weighted by atomic mass is 16.4. The molecule has 0 amide bonds. The molecule has 5 heteroatoms. The monoisotopic (exact) mass is 200 g/mol. The van der Waals surface area contributed by atoms with Crippen LogP contribution in [0.1, 0.15) is 20.3 Å². The van der Waals surface area contributed by atoms with E-state index < -0.39 is 29.6 Å². The van der Waals surface area contributed by atoms with Gasteiger partial charge in [-0.2, -0.15) is 0 Å². The zero-order valence-corrected chi connectivity index (χ0v) is 8.03. The Bertz CT molecular complexity index is 304. The number of aliphatic carboxylic acids is 2. The average molecular weight is 200 g/mol. The Kier molecular flexibility index (Phi) is 3.56. The molecule has 5 nitrogen and oxygen atoms in total. The standard InChI is InChI=1S/C9H12O5/c1-5(2)7(12)9(3,8(13)14)4-6(10)11/h1,4H2,2-3H3,(H,10,11)(H,13,14). The van der Waals surface area contributed by atoms with Crippen LogP contribution < -0.4 is 0 Å². The third-order valence-electron chi connectivity index (χ3n) is 1.87. The summed E-state index contributed by atoms with van der Waals surface area (Å²) in [6.45, 7) is 5.74. The van der Waals surface area contributed by atoms with Crippen molar-refractivity contribution in [2.24, 2.45) is 5.41 Å². The van der Waals surface area contributed by atoms with Gasteiger partial charge in [-0.1, -0.05) is 6.58 Å². The fourth-order valence-corrected chi connectivity index (χ4v) is 1.03. The van der Waals surface area contributed by atoms with Crippen molar-refractivity contribution in [1.29, 1.82) is 0 Å². The summed E-state index contributed by atoms with van der Waals surface area (Å²) in [5.41, 5.74) is -1.88. The Morgan fingerprint density at radius 2 is 1.71 bits per heavy atom. The second-order valence-electron chi connectivity index (χ2n) is 3.32. The molecule has 1 atom stereocenters. The van der Waals surface area contributed by atoms with E-state index in [2.05, 4.69) is 6.58 Å². The van der Waals surface area contributed by atoms with Crippen LogP contribution in [0.5, 0.6) is 0 Å². The minimum atomic E-state index is -1.92. The molecule has 2 N–H and O–H groups in total.